The Morgan fingerprint density at radius 3 is 2.95 bits per heavy atom. The number of aryl methyl sites for hydroxylation is 1. The van der Waals surface area contributed by atoms with Crippen LogP contribution in [-0.2, 0) is 11.2 Å². The van der Waals surface area contributed by atoms with Gasteiger partial charge in [0.25, 0.3) is 0 Å². The molecule has 2 aliphatic heterocycles. The number of fused-ring (bicyclic) bond motifs is 4. The van der Waals surface area contributed by atoms with E-state index in [0.29, 0.717) is 0 Å². The molecule has 5 nitrogen and oxygen atoms in total. The molecule has 1 saturated heterocycles. The molecule has 0 radical (unpaired) electrons. The Kier molecular flexibility index (Phi) is 3.13. The van der Waals surface area contributed by atoms with Gasteiger partial charge in [-0.2, -0.15) is 0 Å². The first-order valence-electron chi connectivity index (χ1n) is 7.79. The third kappa shape index (κ3) is 2.00. The largest absolute Gasteiger partial charge is 0.333 e. The van der Waals surface area contributed by atoms with E-state index in [1.165, 1.54) is 5.56 Å². The van der Waals surface area contributed by atoms with E-state index in [9.17, 15) is 4.79 Å². The molecule has 5 heteroatoms. The molecule has 1 fully saturated rings. The maximum atomic E-state index is 11.5. The van der Waals surface area contributed by atoms with E-state index in [4.69, 9.17) is 0 Å². The lowest BCUT2D eigenvalue weighted by molar-refractivity contribution is -0.125. The molecular formula is C17H18N4O. The van der Waals surface area contributed by atoms with E-state index in [1.54, 1.807) is 6.20 Å². The first kappa shape index (κ1) is 13.4. The predicted octanol–water partition coefficient (Wildman–Crippen LogP) is 2.46. The summed E-state index contributed by atoms with van der Waals surface area (Å²) in [5.41, 5.74) is 4.03. The monoisotopic (exact) mass is 294 g/mol. The van der Waals surface area contributed by atoms with Crippen LogP contribution in [0.5, 0.6) is 0 Å². The van der Waals surface area contributed by atoms with Crippen molar-refractivity contribution in [3.05, 3.63) is 41.5 Å². The van der Waals surface area contributed by atoms with Crippen LogP contribution >= 0.6 is 0 Å². The molecular weight excluding hydrogens is 276 g/mol. The summed E-state index contributed by atoms with van der Waals surface area (Å²) in [4.78, 5) is 27.2. The normalized spacial score (nSPS) is 23.0. The van der Waals surface area contributed by atoms with Gasteiger partial charge in [-0.05, 0) is 44.7 Å². The van der Waals surface area contributed by atoms with Crippen LogP contribution in [0.25, 0.3) is 11.4 Å². The number of hydrogen-bond donors (Lipinski definition) is 0. The van der Waals surface area contributed by atoms with Gasteiger partial charge in [-0.15, -0.1) is 0 Å². The number of rotatable bonds is 2. The van der Waals surface area contributed by atoms with Gasteiger partial charge in [-0.25, -0.2) is 9.97 Å². The van der Waals surface area contributed by atoms with E-state index in [-0.39, 0.29) is 12.1 Å². The molecule has 0 saturated carbocycles. The quantitative estimate of drug-likeness (QED) is 0.798. The van der Waals surface area contributed by atoms with E-state index >= 15 is 0 Å². The molecule has 2 atom stereocenters. The fourth-order valence-corrected chi connectivity index (χ4v) is 3.79. The van der Waals surface area contributed by atoms with Gasteiger partial charge in [0, 0.05) is 17.8 Å². The minimum absolute atomic E-state index is 0.101. The maximum absolute atomic E-state index is 11.5. The Balaban J connectivity index is 1.91. The van der Waals surface area contributed by atoms with Crippen molar-refractivity contribution in [3.8, 4) is 11.4 Å². The summed E-state index contributed by atoms with van der Waals surface area (Å²) >= 11 is 0. The van der Waals surface area contributed by atoms with Crippen LogP contribution in [0.2, 0.25) is 0 Å². The lowest BCUT2D eigenvalue weighted by atomic mass is 9.82. The second-order valence-electron chi connectivity index (χ2n) is 6.06. The van der Waals surface area contributed by atoms with Gasteiger partial charge in [0.15, 0.2) is 0 Å². The average Bonchev–Trinajstić information content (AvgIpc) is 2.55. The molecule has 1 amide bonds. The van der Waals surface area contributed by atoms with Gasteiger partial charge >= 0.3 is 0 Å². The second kappa shape index (κ2) is 5.16. The average molecular weight is 294 g/mol. The van der Waals surface area contributed by atoms with Gasteiger partial charge in [0.1, 0.15) is 5.82 Å². The molecule has 0 unspecified atom stereocenters. The van der Waals surface area contributed by atoms with Crippen LogP contribution in [0.15, 0.2) is 24.4 Å². The van der Waals surface area contributed by atoms with E-state index < -0.39 is 0 Å². The number of carbonyl (C=O) groups excluding carboxylic acids is 1. The summed E-state index contributed by atoms with van der Waals surface area (Å²) in [6.07, 6.45) is 6.82. The van der Waals surface area contributed by atoms with Crippen molar-refractivity contribution in [1.82, 2.24) is 19.9 Å². The molecule has 4 rings (SSSR count). The van der Waals surface area contributed by atoms with Crippen LogP contribution < -0.4 is 0 Å². The van der Waals surface area contributed by atoms with Crippen molar-refractivity contribution in [2.75, 3.05) is 0 Å². The van der Waals surface area contributed by atoms with Gasteiger partial charge in [-0.1, -0.05) is 6.07 Å². The predicted molar refractivity (Wildman–Crippen MR) is 82.0 cm³/mol. The molecule has 22 heavy (non-hydrogen) atoms. The highest BCUT2D eigenvalue weighted by Gasteiger charge is 2.39. The number of amides is 1. The minimum Gasteiger partial charge on any atom is -0.333 e. The Labute approximate surface area is 129 Å². The maximum Gasteiger partial charge on any atom is 0.210 e. The number of aromatic nitrogens is 3. The summed E-state index contributed by atoms with van der Waals surface area (Å²) in [5, 5.41) is 0. The highest BCUT2D eigenvalue weighted by Crippen LogP contribution is 2.42. The van der Waals surface area contributed by atoms with E-state index in [1.807, 2.05) is 30.0 Å². The van der Waals surface area contributed by atoms with Crippen LogP contribution in [0, 0.1) is 6.92 Å². The van der Waals surface area contributed by atoms with Gasteiger partial charge in [-0.3, -0.25) is 9.78 Å². The number of nitrogens with zero attached hydrogens (tertiary/aromatic N) is 4. The third-order valence-electron chi connectivity index (χ3n) is 4.73. The second-order valence-corrected chi connectivity index (χ2v) is 6.06. The van der Waals surface area contributed by atoms with Crippen molar-refractivity contribution >= 4 is 6.41 Å². The van der Waals surface area contributed by atoms with Gasteiger partial charge in [0.05, 0.1) is 23.1 Å². The summed E-state index contributed by atoms with van der Waals surface area (Å²) in [6, 6.07) is 6.26. The molecule has 0 aromatic carbocycles. The Morgan fingerprint density at radius 2 is 2.18 bits per heavy atom. The fourth-order valence-electron chi connectivity index (χ4n) is 3.79. The molecule has 0 spiro atoms. The van der Waals surface area contributed by atoms with Gasteiger partial charge in [0.2, 0.25) is 6.41 Å². The summed E-state index contributed by atoms with van der Waals surface area (Å²) in [5.74, 6) is 0.745. The van der Waals surface area contributed by atoms with Crippen LogP contribution in [0.1, 0.15) is 42.4 Å². The lowest BCUT2D eigenvalue weighted by Gasteiger charge is -2.44. The van der Waals surface area contributed by atoms with Crippen LogP contribution in [0.4, 0.5) is 0 Å². The lowest BCUT2D eigenvalue weighted by Crippen LogP contribution is -2.46. The SMILES string of the molecule is Cc1nc(-c2ccccn2)c2c(n1)[C@H]1CCC[C@@H](C2)N1C=O. The van der Waals surface area contributed by atoms with Gasteiger partial charge < -0.3 is 4.90 Å². The van der Waals surface area contributed by atoms with Crippen molar-refractivity contribution in [2.24, 2.45) is 0 Å². The summed E-state index contributed by atoms with van der Waals surface area (Å²) < 4.78 is 0. The van der Waals surface area contributed by atoms with E-state index in [0.717, 1.165) is 55.0 Å². The molecule has 0 N–H and O–H groups in total. The summed E-state index contributed by atoms with van der Waals surface area (Å²) in [6.45, 7) is 1.91. The molecule has 4 heterocycles. The van der Waals surface area contributed by atoms with Crippen molar-refractivity contribution in [3.63, 3.8) is 0 Å². The summed E-state index contributed by atoms with van der Waals surface area (Å²) in [7, 11) is 0. The number of carbonyl (C=O) groups is 1. The first-order valence-corrected chi connectivity index (χ1v) is 7.79. The smallest absolute Gasteiger partial charge is 0.210 e. The number of pyridine rings is 1. The third-order valence-corrected chi connectivity index (χ3v) is 4.73. The minimum atomic E-state index is 0.101. The Bertz CT molecular complexity index is 716. The van der Waals surface area contributed by atoms with E-state index in [2.05, 4.69) is 15.0 Å². The zero-order valence-corrected chi connectivity index (χ0v) is 12.6. The number of piperidine rings is 1. The molecule has 0 aliphatic carbocycles. The number of hydrogen-bond acceptors (Lipinski definition) is 4. The fraction of sp³-hybridized carbons (Fsp3) is 0.412. The van der Waals surface area contributed by atoms with Crippen LogP contribution in [0.3, 0.4) is 0 Å². The highest BCUT2D eigenvalue weighted by atomic mass is 16.1. The zero-order valence-electron chi connectivity index (χ0n) is 12.6. The molecule has 2 aromatic heterocycles. The molecule has 2 bridgehead atoms. The van der Waals surface area contributed by atoms with Crippen molar-refractivity contribution in [1.29, 1.82) is 0 Å². The molecule has 2 aliphatic rings. The Hall–Kier alpha value is -2.30. The van der Waals surface area contributed by atoms with Crippen molar-refractivity contribution < 1.29 is 4.79 Å². The topological polar surface area (TPSA) is 59.0 Å². The standard InChI is InChI=1S/C17H18N4O/c1-11-19-16(14-6-2-3-8-18-14)13-9-12-5-4-7-15(17(13)20-11)21(12)10-22/h2-3,6,8,10,12,15H,4-5,7,9H2,1H3/t12-,15+/m0/s1. The first-order chi connectivity index (χ1) is 10.8. The Morgan fingerprint density at radius 1 is 1.27 bits per heavy atom. The molecule has 2 aromatic rings. The molecule has 112 valence electrons. The highest BCUT2D eigenvalue weighted by molar-refractivity contribution is 5.62. The zero-order chi connectivity index (χ0) is 15.1. The van der Waals surface area contributed by atoms with Crippen molar-refractivity contribution in [2.45, 2.75) is 44.7 Å². The van der Waals surface area contributed by atoms with Crippen LogP contribution in [-0.4, -0.2) is 32.3 Å².